The molecule has 0 aliphatic carbocycles. The lowest BCUT2D eigenvalue weighted by atomic mass is 10.1. The third-order valence-electron chi connectivity index (χ3n) is 1.33. The summed E-state index contributed by atoms with van der Waals surface area (Å²) >= 11 is 0. The Balaban J connectivity index is 3.23. The van der Waals surface area contributed by atoms with Crippen LogP contribution in [-0.4, -0.2) is 11.1 Å². The van der Waals surface area contributed by atoms with Gasteiger partial charge in [-0.3, -0.25) is 4.79 Å². The van der Waals surface area contributed by atoms with E-state index in [4.69, 9.17) is 5.11 Å². The Morgan fingerprint density at radius 2 is 2.08 bits per heavy atom. The van der Waals surface area contributed by atoms with E-state index in [2.05, 4.69) is 11.8 Å². The van der Waals surface area contributed by atoms with Crippen LogP contribution >= 0.6 is 0 Å². The van der Waals surface area contributed by atoms with Gasteiger partial charge in [0.1, 0.15) is 0 Å². The lowest BCUT2D eigenvalue weighted by molar-refractivity contribution is -0.137. The smallest absolute Gasteiger partial charge is 0.303 e. The maximum absolute atomic E-state index is 10.1. The first-order valence-corrected chi connectivity index (χ1v) is 4.33. The summed E-state index contributed by atoms with van der Waals surface area (Å²) < 4.78 is 0. The molecule has 0 fully saturated rings. The molecular formula is C10H16O2. The molecule has 68 valence electrons. The highest BCUT2D eigenvalue weighted by Gasteiger charge is 1.94. The van der Waals surface area contributed by atoms with Gasteiger partial charge in [0.05, 0.1) is 0 Å². The molecule has 1 N–H and O–H groups in total. The summed E-state index contributed by atoms with van der Waals surface area (Å²) in [4.78, 5) is 10.1. The Morgan fingerprint density at radius 1 is 1.42 bits per heavy atom. The van der Waals surface area contributed by atoms with Crippen molar-refractivity contribution in [1.29, 1.82) is 0 Å². The van der Waals surface area contributed by atoms with E-state index < -0.39 is 5.97 Å². The van der Waals surface area contributed by atoms with E-state index in [0.717, 1.165) is 19.3 Å². The van der Waals surface area contributed by atoms with Crippen molar-refractivity contribution < 1.29 is 9.90 Å². The van der Waals surface area contributed by atoms with Gasteiger partial charge in [0.15, 0.2) is 0 Å². The number of carboxylic acid groups (broad SMARTS) is 1. The van der Waals surface area contributed by atoms with E-state index in [1.807, 2.05) is 13.8 Å². The van der Waals surface area contributed by atoms with Gasteiger partial charge < -0.3 is 5.11 Å². The van der Waals surface area contributed by atoms with Crippen LogP contribution in [0.15, 0.2) is 0 Å². The third-order valence-corrected chi connectivity index (χ3v) is 1.33. The molecule has 0 bridgehead atoms. The van der Waals surface area contributed by atoms with E-state index in [-0.39, 0.29) is 6.42 Å². The van der Waals surface area contributed by atoms with Crippen molar-refractivity contribution in [2.75, 3.05) is 0 Å². The van der Waals surface area contributed by atoms with Crippen molar-refractivity contribution in [3.8, 4) is 11.8 Å². The summed E-state index contributed by atoms with van der Waals surface area (Å²) in [7, 11) is 0. The van der Waals surface area contributed by atoms with E-state index >= 15 is 0 Å². The third kappa shape index (κ3) is 9.03. The van der Waals surface area contributed by atoms with Crippen LogP contribution in [0.4, 0.5) is 0 Å². The molecule has 0 saturated heterocycles. The maximum atomic E-state index is 10.1. The molecule has 0 unspecified atom stereocenters. The molecule has 2 nitrogen and oxygen atoms in total. The van der Waals surface area contributed by atoms with Crippen molar-refractivity contribution in [2.24, 2.45) is 5.92 Å². The van der Waals surface area contributed by atoms with Crippen molar-refractivity contribution >= 4 is 5.97 Å². The second-order valence-electron chi connectivity index (χ2n) is 3.08. The van der Waals surface area contributed by atoms with Gasteiger partial charge in [0.2, 0.25) is 0 Å². The van der Waals surface area contributed by atoms with Crippen LogP contribution in [0.25, 0.3) is 0 Å². The first-order chi connectivity index (χ1) is 5.63. The topological polar surface area (TPSA) is 37.3 Å². The molecule has 0 spiro atoms. The predicted molar refractivity (Wildman–Crippen MR) is 48.7 cm³/mol. The lowest BCUT2D eigenvalue weighted by Gasteiger charge is -1.91. The summed E-state index contributed by atoms with van der Waals surface area (Å²) in [5.74, 6) is 5.76. The second-order valence-corrected chi connectivity index (χ2v) is 3.08. The monoisotopic (exact) mass is 168 g/mol. The van der Waals surface area contributed by atoms with Gasteiger partial charge in [-0.05, 0) is 12.8 Å². The molecule has 12 heavy (non-hydrogen) atoms. The zero-order valence-electron chi connectivity index (χ0n) is 7.76. The maximum Gasteiger partial charge on any atom is 0.303 e. The number of hydrogen-bond acceptors (Lipinski definition) is 1. The van der Waals surface area contributed by atoms with Gasteiger partial charge in [0.25, 0.3) is 0 Å². The molecule has 2 heteroatoms. The minimum Gasteiger partial charge on any atom is -0.481 e. The lowest BCUT2D eigenvalue weighted by Crippen LogP contribution is -1.93. The molecule has 0 amide bonds. The molecule has 0 heterocycles. The molecule has 0 rings (SSSR count). The SMILES string of the molecule is CC(C)C#CCCCCC(=O)O. The Kier molecular flexibility index (Phi) is 6.18. The van der Waals surface area contributed by atoms with Crippen LogP contribution in [-0.2, 0) is 4.79 Å². The summed E-state index contributed by atoms with van der Waals surface area (Å²) in [5.41, 5.74) is 0. The summed E-state index contributed by atoms with van der Waals surface area (Å²) in [5, 5.41) is 8.32. The van der Waals surface area contributed by atoms with Crippen LogP contribution < -0.4 is 0 Å². The largest absolute Gasteiger partial charge is 0.481 e. The standard InChI is InChI=1S/C10H16O2/c1-9(2)7-5-3-4-6-8-10(11)12/h9H,3-4,6,8H2,1-2H3,(H,11,12). The zero-order chi connectivity index (χ0) is 9.40. The Labute approximate surface area is 74.0 Å². The van der Waals surface area contributed by atoms with Crippen LogP contribution in [0.3, 0.4) is 0 Å². The molecule has 0 aliphatic rings. The van der Waals surface area contributed by atoms with Crippen molar-refractivity contribution in [3.63, 3.8) is 0 Å². The van der Waals surface area contributed by atoms with Crippen LogP contribution in [0.1, 0.15) is 39.5 Å². The Bertz CT molecular complexity index is 184. The van der Waals surface area contributed by atoms with Crippen LogP contribution in [0.2, 0.25) is 0 Å². The second kappa shape index (κ2) is 6.72. The first kappa shape index (κ1) is 11.0. The fourth-order valence-electron chi connectivity index (χ4n) is 0.766. The van der Waals surface area contributed by atoms with Gasteiger partial charge in [-0.25, -0.2) is 0 Å². The number of unbranched alkanes of at least 4 members (excludes halogenated alkanes) is 2. The predicted octanol–water partition coefficient (Wildman–Crippen LogP) is 2.29. The van der Waals surface area contributed by atoms with Crippen LogP contribution in [0.5, 0.6) is 0 Å². The number of hydrogen-bond donors (Lipinski definition) is 1. The molecular weight excluding hydrogens is 152 g/mol. The van der Waals surface area contributed by atoms with E-state index in [1.54, 1.807) is 0 Å². The normalized spacial score (nSPS) is 9.25. The zero-order valence-corrected chi connectivity index (χ0v) is 7.76. The highest BCUT2D eigenvalue weighted by molar-refractivity contribution is 5.66. The molecule has 0 aromatic heterocycles. The number of rotatable bonds is 4. The molecule has 0 saturated carbocycles. The highest BCUT2D eigenvalue weighted by Crippen LogP contribution is 1.98. The van der Waals surface area contributed by atoms with Gasteiger partial charge in [0, 0.05) is 18.8 Å². The fraction of sp³-hybridized carbons (Fsp3) is 0.700. The molecule has 0 aromatic carbocycles. The van der Waals surface area contributed by atoms with Crippen LogP contribution in [0, 0.1) is 17.8 Å². The minimum atomic E-state index is -0.716. The van der Waals surface area contributed by atoms with Gasteiger partial charge in [-0.2, -0.15) is 0 Å². The fourth-order valence-corrected chi connectivity index (χ4v) is 0.766. The number of carboxylic acids is 1. The van der Waals surface area contributed by atoms with Gasteiger partial charge >= 0.3 is 5.97 Å². The Morgan fingerprint density at radius 3 is 2.58 bits per heavy atom. The summed E-state index contributed by atoms with van der Waals surface area (Å²) in [6.45, 7) is 4.09. The minimum absolute atomic E-state index is 0.267. The highest BCUT2D eigenvalue weighted by atomic mass is 16.4. The van der Waals surface area contributed by atoms with Crippen molar-refractivity contribution in [2.45, 2.75) is 39.5 Å². The number of aliphatic carboxylic acids is 1. The van der Waals surface area contributed by atoms with Gasteiger partial charge in [-0.15, -0.1) is 11.8 Å². The molecule has 0 aliphatic heterocycles. The van der Waals surface area contributed by atoms with E-state index in [9.17, 15) is 4.79 Å². The molecule has 0 aromatic rings. The van der Waals surface area contributed by atoms with E-state index in [0.29, 0.717) is 5.92 Å². The average Bonchev–Trinajstić information content (AvgIpc) is 1.95. The van der Waals surface area contributed by atoms with Gasteiger partial charge in [-0.1, -0.05) is 13.8 Å². The molecule has 0 atom stereocenters. The average molecular weight is 168 g/mol. The summed E-state index contributed by atoms with van der Waals surface area (Å²) in [6, 6.07) is 0. The van der Waals surface area contributed by atoms with Crippen molar-refractivity contribution in [1.82, 2.24) is 0 Å². The van der Waals surface area contributed by atoms with E-state index in [1.165, 1.54) is 0 Å². The quantitative estimate of drug-likeness (QED) is 0.516. The first-order valence-electron chi connectivity index (χ1n) is 4.33. The summed E-state index contributed by atoms with van der Waals surface area (Å²) in [6.07, 6.45) is 2.73. The van der Waals surface area contributed by atoms with Crippen molar-refractivity contribution in [3.05, 3.63) is 0 Å². The number of carbonyl (C=O) groups is 1. The Hall–Kier alpha value is -0.970. The molecule has 0 radical (unpaired) electrons.